The molecule has 1 amide bonds. The predicted octanol–water partition coefficient (Wildman–Crippen LogP) is 2.96. The lowest BCUT2D eigenvalue weighted by Crippen LogP contribution is -2.38. The maximum Gasteiger partial charge on any atom is 0.306 e. The standard InChI is InChI=1S/C16H27NO3/c1-16(8-4-2-3-5-9-16)11-17-14(18)12-6-7-13(10-12)15(19)20/h12-13H,2-11H2,1H3,(H,17,18)(H,19,20)/t12-,13+/m1/s1. The molecule has 20 heavy (non-hydrogen) atoms. The molecule has 4 heteroatoms. The Kier molecular flexibility index (Phi) is 5.06. The third kappa shape index (κ3) is 3.97. The molecule has 0 heterocycles. The molecule has 0 saturated heterocycles. The molecule has 0 aliphatic heterocycles. The third-order valence-electron chi connectivity index (χ3n) is 5.15. The molecule has 2 saturated carbocycles. The molecule has 0 aromatic carbocycles. The summed E-state index contributed by atoms with van der Waals surface area (Å²) in [5, 5.41) is 12.1. The van der Waals surface area contributed by atoms with Crippen molar-refractivity contribution in [3.63, 3.8) is 0 Å². The molecular weight excluding hydrogens is 254 g/mol. The van der Waals surface area contributed by atoms with E-state index >= 15 is 0 Å². The number of carbonyl (C=O) groups excluding carboxylic acids is 1. The summed E-state index contributed by atoms with van der Waals surface area (Å²) in [6.45, 7) is 3.02. The second kappa shape index (κ2) is 6.59. The van der Waals surface area contributed by atoms with Gasteiger partial charge < -0.3 is 10.4 Å². The van der Waals surface area contributed by atoms with Crippen molar-refractivity contribution >= 4 is 11.9 Å². The maximum absolute atomic E-state index is 12.2. The van der Waals surface area contributed by atoms with Crippen LogP contribution in [0.15, 0.2) is 0 Å². The molecule has 0 unspecified atom stereocenters. The lowest BCUT2D eigenvalue weighted by molar-refractivity contribution is -0.141. The summed E-state index contributed by atoms with van der Waals surface area (Å²) in [6.07, 6.45) is 9.40. The van der Waals surface area contributed by atoms with E-state index in [9.17, 15) is 9.59 Å². The molecule has 114 valence electrons. The van der Waals surface area contributed by atoms with E-state index in [2.05, 4.69) is 12.2 Å². The van der Waals surface area contributed by atoms with E-state index in [0.717, 1.165) is 13.0 Å². The molecule has 0 aromatic heterocycles. The number of carboxylic acids is 1. The Morgan fingerprint density at radius 3 is 2.25 bits per heavy atom. The summed E-state index contributed by atoms with van der Waals surface area (Å²) in [5.41, 5.74) is 0.233. The summed E-state index contributed by atoms with van der Waals surface area (Å²) in [4.78, 5) is 23.1. The number of aliphatic carboxylic acids is 1. The molecule has 2 fully saturated rings. The van der Waals surface area contributed by atoms with Crippen molar-refractivity contribution in [1.82, 2.24) is 5.32 Å². The van der Waals surface area contributed by atoms with Crippen molar-refractivity contribution < 1.29 is 14.7 Å². The third-order valence-corrected chi connectivity index (χ3v) is 5.15. The fraction of sp³-hybridized carbons (Fsp3) is 0.875. The number of nitrogens with one attached hydrogen (secondary N) is 1. The van der Waals surface area contributed by atoms with Gasteiger partial charge in [0.1, 0.15) is 0 Å². The Morgan fingerprint density at radius 1 is 1.10 bits per heavy atom. The zero-order valence-corrected chi connectivity index (χ0v) is 12.5. The number of hydrogen-bond acceptors (Lipinski definition) is 2. The number of carboxylic acid groups (broad SMARTS) is 1. The highest BCUT2D eigenvalue weighted by Gasteiger charge is 2.34. The van der Waals surface area contributed by atoms with Gasteiger partial charge in [-0.1, -0.05) is 32.6 Å². The zero-order chi connectivity index (χ0) is 14.6. The first-order chi connectivity index (χ1) is 9.50. The topological polar surface area (TPSA) is 66.4 Å². The largest absolute Gasteiger partial charge is 0.481 e. The minimum absolute atomic E-state index is 0.0687. The van der Waals surface area contributed by atoms with E-state index in [1.54, 1.807) is 0 Å². The van der Waals surface area contributed by atoms with Crippen LogP contribution in [-0.2, 0) is 9.59 Å². The number of carbonyl (C=O) groups is 2. The highest BCUT2D eigenvalue weighted by atomic mass is 16.4. The van der Waals surface area contributed by atoms with Gasteiger partial charge in [0.25, 0.3) is 0 Å². The monoisotopic (exact) mass is 281 g/mol. The highest BCUT2D eigenvalue weighted by molar-refractivity contribution is 5.80. The Bertz CT molecular complexity index is 359. The first-order valence-corrected chi connectivity index (χ1v) is 8.01. The molecule has 2 aliphatic rings. The Hall–Kier alpha value is -1.06. The SMILES string of the molecule is CC1(CNC(=O)[C@@H]2CC[C@H](C(=O)O)C2)CCCCCC1. The van der Waals surface area contributed by atoms with E-state index in [-0.39, 0.29) is 23.2 Å². The van der Waals surface area contributed by atoms with Crippen LogP contribution in [0.2, 0.25) is 0 Å². The van der Waals surface area contributed by atoms with Crippen LogP contribution in [0.5, 0.6) is 0 Å². The summed E-state index contributed by atoms with van der Waals surface area (Å²) >= 11 is 0. The van der Waals surface area contributed by atoms with Gasteiger partial charge in [0.2, 0.25) is 5.91 Å². The molecule has 2 N–H and O–H groups in total. The molecule has 2 rings (SSSR count). The van der Waals surface area contributed by atoms with Gasteiger partial charge in [-0.3, -0.25) is 9.59 Å². The Labute approximate surface area is 121 Å². The van der Waals surface area contributed by atoms with Crippen LogP contribution in [0.25, 0.3) is 0 Å². The van der Waals surface area contributed by atoms with Crippen molar-refractivity contribution in [3.8, 4) is 0 Å². The smallest absolute Gasteiger partial charge is 0.306 e. The van der Waals surface area contributed by atoms with Gasteiger partial charge >= 0.3 is 5.97 Å². The van der Waals surface area contributed by atoms with Crippen LogP contribution < -0.4 is 5.32 Å². The van der Waals surface area contributed by atoms with Gasteiger partial charge in [-0.15, -0.1) is 0 Å². The fourth-order valence-corrected chi connectivity index (χ4v) is 3.65. The van der Waals surface area contributed by atoms with Gasteiger partial charge in [-0.05, 0) is 37.5 Å². The average Bonchev–Trinajstić information content (AvgIpc) is 2.81. The second-order valence-corrected chi connectivity index (χ2v) is 6.99. The van der Waals surface area contributed by atoms with Crippen LogP contribution >= 0.6 is 0 Å². The van der Waals surface area contributed by atoms with Crippen molar-refractivity contribution in [2.45, 2.75) is 64.7 Å². The van der Waals surface area contributed by atoms with Gasteiger partial charge in [0.15, 0.2) is 0 Å². The molecule has 0 bridgehead atoms. The number of rotatable bonds is 4. The van der Waals surface area contributed by atoms with E-state index in [0.29, 0.717) is 12.8 Å². The van der Waals surface area contributed by atoms with Crippen molar-refractivity contribution in [1.29, 1.82) is 0 Å². The van der Waals surface area contributed by atoms with Crippen LogP contribution in [-0.4, -0.2) is 23.5 Å². The van der Waals surface area contributed by atoms with Crippen LogP contribution in [0.4, 0.5) is 0 Å². The Balaban J connectivity index is 1.78. The Morgan fingerprint density at radius 2 is 1.70 bits per heavy atom. The lowest BCUT2D eigenvalue weighted by Gasteiger charge is -2.29. The number of hydrogen-bond donors (Lipinski definition) is 2. The average molecular weight is 281 g/mol. The lowest BCUT2D eigenvalue weighted by atomic mass is 9.82. The highest BCUT2D eigenvalue weighted by Crippen LogP contribution is 2.35. The van der Waals surface area contributed by atoms with Crippen LogP contribution in [0, 0.1) is 17.3 Å². The molecule has 2 atom stereocenters. The van der Waals surface area contributed by atoms with E-state index in [1.165, 1.54) is 38.5 Å². The first kappa shape index (κ1) is 15.3. The molecule has 0 spiro atoms. The van der Waals surface area contributed by atoms with Gasteiger partial charge in [0.05, 0.1) is 5.92 Å². The van der Waals surface area contributed by atoms with E-state index in [4.69, 9.17) is 5.11 Å². The van der Waals surface area contributed by atoms with Crippen LogP contribution in [0.3, 0.4) is 0 Å². The maximum atomic E-state index is 12.2. The second-order valence-electron chi connectivity index (χ2n) is 6.99. The summed E-state index contributed by atoms with van der Waals surface area (Å²) in [7, 11) is 0. The van der Waals surface area contributed by atoms with Crippen LogP contribution in [0.1, 0.15) is 64.7 Å². The number of amides is 1. The van der Waals surface area contributed by atoms with Crippen molar-refractivity contribution in [2.24, 2.45) is 17.3 Å². The van der Waals surface area contributed by atoms with E-state index in [1.807, 2.05) is 0 Å². The first-order valence-electron chi connectivity index (χ1n) is 8.01. The fourth-order valence-electron chi connectivity index (χ4n) is 3.65. The summed E-state index contributed by atoms with van der Waals surface area (Å²) in [5.74, 6) is -1.10. The van der Waals surface area contributed by atoms with E-state index < -0.39 is 5.97 Å². The van der Waals surface area contributed by atoms with Crippen molar-refractivity contribution in [3.05, 3.63) is 0 Å². The normalized spacial score (nSPS) is 29.6. The van der Waals surface area contributed by atoms with Crippen molar-refractivity contribution in [2.75, 3.05) is 6.54 Å². The summed E-state index contributed by atoms with van der Waals surface area (Å²) < 4.78 is 0. The summed E-state index contributed by atoms with van der Waals surface area (Å²) in [6, 6.07) is 0. The molecule has 0 radical (unpaired) electrons. The quantitative estimate of drug-likeness (QED) is 0.779. The molecule has 4 nitrogen and oxygen atoms in total. The molecular formula is C16H27NO3. The predicted molar refractivity (Wildman–Crippen MR) is 77.3 cm³/mol. The van der Waals surface area contributed by atoms with Gasteiger partial charge in [-0.25, -0.2) is 0 Å². The minimum atomic E-state index is -0.754. The minimum Gasteiger partial charge on any atom is -0.481 e. The molecule has 0 aromatic rings. The van der Waals surface area contributed by atoms with Gasteiger partial charge in [0, 0.05) is 12.5 Å². The van der Waals surface area contributed by atoms with Gasteiger partial charge in [-0.2, -0.15) is 0 Å². The molecule has 2 aliphatic carbocycles. The zero-order valence-electron chi connectivity index (χ0n) is 12.5.